The van der Waals surface area contributed by atoms with Crippen LogP contribution in [0.25, 0.3) is 22.0 Å². The largest absolute Gasteiger partial charge is 0.453 e. The SMILES string of the molecule is COC(=O)N[C@H](C(=O)N1[C@@H]2C[C@@H]2C[C@H]1c1ncc(-c2ccc3cc(C#Cc4cnc([C@@H]5C[C@H]6C[C@H]6N5C(=O)[C@H](NC(=O)OC)C5C[C@@H](C)O[C@@H](C)C5)[nH]4)ccc3c2)[nH]1)C1C[C@@H](C)O[C@@H](C)C1. The van der Waals surface area contributed by atoms with Crippen LogP contribution in [-0.4, -0.2) is 117 Å². The minimum absolute atomic E-state index is 0.0166. The van der Waals surface area contributed by atoms with E-state index >= 15 is 0 Å². The van der Waals surface area contributed by atoms with Gasteiger partial charge in [-0.15, -0.1) is 0 Å². The molecule has 2 aromatic heterocycles. The molecule has 14 atom stereocenters. The first-order valence-corrected chi connectivity index (χ1v) is 23.6. The number of rotatable bonds is 9. The average Bonchev–Trinajstić information content (AvgIpc) is 3.89. The number of fused-ring (bicyclic) bond motifs is 3. The van der Waals surface area contributed by atoms with Crippen molar-refractivity contribution in [1.82, 2.24) is 40.4 Å². The number of nitrogens with one attached hydrogen (secondary N) is 4. The summed E-state index contributed by atoms with van der Waals surface area (Å²) in [5, 5.41) is 7.85. The summed E-state index contributed by atoms with van der Waals surface area (Å²) in [6.45, 7) is 8.04. The van der Waals surface area contributed by atoms with Gasteiger partial charge >= 0.3 is 12.2 Å². The van der Waals surface area contributed by atoms with Gasteiger partial charge in [0.2, 0.25) is 11.8 Å². The van der Waals surface area contributed by atoms with E-state index in [1.165, 1.54) is 14.2 Å². The number of aromatic amines is 2. The van der Waals surface area contributed by atoms with Crippen LogP contribution in [0.3, 0.4) is 0 Å². The molecule has 6 fully saturated rings. The molecule has 16 heteroatoms. The summed E-state index contributed by atoms with van der Waals surface area (Å²) in [6, 6.07) is 10.7. The quantitative estimate of drug-likeness (QED) is 0.134. The molecule has 4 N–H and O–H groups in total. The van der Waals surface area contributed by atoms with E-state index in [4.69, 9.17) is 28.9 Å². The van der Waals surface area contributed by atoms with Crippen molar-refractivity contribution in [2.75, 3.05) is 14.2 Å². The number of amides is 4. The van der Waals surface area contributed by atoms with Gasteiger partial charge in [-0.2, -0.15) is 0 Å². The monoisotopic (exact) mass is 900 g/mol. The van der Waals surface area contributed by atoms with Gasteiger partial charge in [0.25, 0.3) is 0 Å². The van der Waals surface area contributed by atoms with Crippen LogP contribution in [0.15, 0.2) is 48.8 Å². The number of carbonyl (C=O) groups is 4. The molecule has 66 heavy (non-hydrogen) atoms. The fraction of sp³-hybridized carbons (Fsp3) is 0.560. The number of H-pyrrole nitrogens is 2. The molecule has 2 aromatic carbocycles. The van der Waals surface area contributed by atoms with Crippen LogP contribution in [0.5, 0.6) is 0 Å². The second-order valence-electron chi connectivity index (χ2n) is 19.7. The number of ether oxygens (including phenoxy) is 4. The van der Waals surface area contributed by atoms with E-state index in [1.54, 1.807) is 6.20 Å². The number of nitrogens with zero attached hydrogens (tertiary/aromatic N) is 4. The topological polar surface area (TPSA) is 193 Å². The Morgan fingerprint density at radius 2 is 1.15 bits per heavy atom. The zero-order chi connectivity index (χ0) is 46.0. The Labute approximate surface area is 384 Å². The van der Waals surface area contributed by atoms with Crippen molar-refractivity contribution in [1.29, 1.82) is 0 Å². The third-order valence-corrected chi connectivity index (χ3v) is 14.9. The summed E-state index contributed by atoms with van der Waals surface area (Å²) in [4.78, 5) is 74.3. The number of hydrogen-bond donors (Lipinski definition) is 4. The normalized spacial score (nSPS) is 31.7. The molecular weight excluding hydrogens is 841 g/mol. The second-order valence-corrected chi connectivity index (χ2v) is 19.7. The molecule has 0 radical (unpaired) electrons. The van der Waals surface area contributed by atoms with Crippen LogP contribution < -0.4 is 10.6 Å². The van der Waals surface area contributed by atoms with E-state index in [-0.39, 0.29) is 72.2 Å². The smallest absolute Gasteiger partial charge is 0.407 e. The average molecular weight is 901 g/mol. The zero-order valence-corrected chi connectivity index (χ0v) is 38.4. The van der Waals surface area contributed by atoms with E-state index in [1.807, 2.05) is 49.8 Å². The third kappa shape index (κ3) is 8.75. The van der Waals surface area contributed by atoms with Gasteiger partial charge in [-0.3, -0.25) is 9.59 Å². The van der Waals surface area contributed by atoms with Gasteiger partial charge in [0.05, 0.1) is 68.8 Å². The number of piperidine rings is 2. The van der Waals surface area contributed by atoms with E-state index in [0.717, 1.165) is 59.1 Å². The first-order valence-electron chi connectivity index (χ1n) is 23.6. The lowest BCUT2D eigenvalue weighted by atomic mass is 9.85. The van der Waals surface area contributed by atoms with Gasteiger partial charge in [0.1, 0.15) is 29.4 Å². The van der Waals surface area contributed by atoms with Crippen molar-refractivity contribution in [2.45, 2.75) is 140 Å². The van der Waals surface area contributed by atoms with Gasteiger partial charge in [0, 0.05) is 23.2 Å². The summed E-state index contributed by atoms with van der Waals surface area (Å²) in [5.41, 5.74) is 3.34. The van der Waals surface area contributed by atoms with E-state index in [9.17, 15) is 19.2 Å². The molecule has 2 aliphatic carbocycles. The molecule has 4 aliphatic heterocycles. The first kappa shape index (κ1) is 43.9. The van der Waals surface area contributed by atoms with Gasteiger partial charge in [-0.25, -0.2) is 19.6 Å². The number of hydrogen-bond acceptors (Lipinski definition) is 10. The summed E-state index contributed by atoms with van der Waals surface area (Å²) in [7, 11) is 2.64. The van der Waals surface area contributed by atoms with Crippen molar-refractivity contribution < 1.29 is 38.1 Å². The Kier molecular flexibility index (Phi) is 11.8. The number of methoxy groups -OCH3 is 2. The minimum Gasteiger partial charge on any atom is -0.453 e. The predicted molar refractivity (Wildman–Crippen MR) is 242 cm³/mol. The van der Waals surface area contributed by atoms with Crippen molar-refractivity contribution in [2.24, 2.45) is 23.7 Å². The van der Waals surface area contributed by atoms with Crippen molar-refractivity contribution in [3.05, 3.63) is 71.7 Å². The Hall–Kier alpha value is -5.92. The fourth-order valence-corrected chi connectivity index (χ4v) is 11.8. The number of carbonyl (C=O) groups excluding carboxylic acids is 4. The van der Waals surface area contributed by atoms with Crippen molar-refractivity contribution in [3.8, 4) is 23.1 Å². The lowest BCUT2D eigenvalue weighted by molar-refractivity contribution is -0.140. The number of likely N-dealkylation sites (tertiary alicyclic amines) is 2. The van der Waals surface area contributed by atoms with Crippen LogP contribution in [0.1, 0.15) is 114 Å². The maximum absolute atomic E-state index is 14.5. The molecular formula is C50H60N8O8. The Bertz CT molecular complexity index is 2560. The van der Waals surface area contributed by atoms with Crippen LogP contribution in [0, 0.1) is 35.5 Å². The highest BCUT2D eigenvalue weighted by Gasteiger charge is 2.58. The van der Waals surface area contributed by atoms with Gasteiger partial charge < -0.3 is 49.3 Å². The van der Waals surface area contributed by atoms with Crippen LogP contribution in [0.2, 0.25) is 0 Å². The number of imidazole rings is 2. The highest BCUT2D eigenvalue weighted by atomic mass is 16.5. The van der Waals surface area contributed by atoms with Crippen LogP contribution >= 0.6 is 0 Å². The summed E-state index contributed by atoms with van der Waals surface area (Å²) in [5.74, 6) is 8.46. The Morgan fingerprint density at radius 1 is 0.652 bits per heavy atom. The fourth-order valence-electron chi connectivity index (χ4n) is 11.8. The van der Waals surface area contributed by atoms with Gasteiger partial charge in [0.15, 0.2) is 0 Å². The lowest BCUT2D eigenvalue weighted by Crippen LogP contribution is -2.55. The van der Waals surface area contributed by atoms with E-state index < -0.39 is 24.3 Å². The van der Waals surface area contributed by atoms with Crippen LogP contribution in [-0.2, 0) is 28.5 Å². The summed E-state index contributed by atoms with van der Waals surface area (Å²) >= 11 is 0. The standard InChI is InChI=1S/C50H60N8O8/c1-25-13-35(14-26(2)65-25)43(55-49(61)63-5)47(59)57-39-19-33(39)21-41(57)45-51-23-37(53-45)12-8-29-7-9-31-18-32(11-10-30(31)17-29)38-24-52-46(54-38)42-22-34-20-40(34)58(42)48(60)44(56-50(62)64-6)36-15-27(3)66-28(4)16-36/h7,9-11,17-18,23-28,33-36,39-44H,13-16,19-22H2,1-6H3,(H,51,53)(H,52,54)(H,55,61)(H,56,62)/t25-,26+,27-,28+,33-,34-,35?,36?,39-,40-,41+,42+,43-,44+/m1/s1. The molecule has 6 aliphatic rings. The molecule has 4 aromatic rings. The maximum Gasteiger partial charge on any atom is 0.407 e. The first-order chi connectivity index (χ1) is 31.8. The highest BCUT2D eigenvalue weighted by molar-refractivity contribution is 5.89. The van der Waals surface area contributed by atoms with Gasteiger partial charge in [-0.05, 0) is 138 Å². The molecule has 2 unspecified atom stereocenters. The van der Waals surface area contributed by atoms with Crippen LogP contribution in [0.4, 0.5) is 9.59 Å². The molecule has 6 heterocycles. The molecule has 348 valence electrons. The highest BCUT2D eigenvalue weighted by Crippen LogP contribution is 2.55. The third-order valence-electron chi connectivity index (χ3n) is 14.9. The molecule has 0 spiro atoms. The van der Waals surface area contributed by atoms with E-state index in [2.05, 4.69) is 62.8 Å². The van der Waals surface area contributed by atoms with Crippen molar-refractivity contribution in [3.63, 3.8) is 0 Å². The molecule has 2 saturated carbocycles. The Morgan fingerprint density at radius 3 is 1.70 bits per heavy atom. The van der Waals surface area contributed by atoms with E-state index in [0.29, 0.717) is 49.0 Å². The number of benzene rings is 2. The molecule has 16 nitrogen and oxygen atoms in total. The molecule has 4 saturated heterocycles. The summed E-state index contributed by atoms with van der Waals surface area (Å²) < 4.78 is 21.8. The Balaban J connectivity index is 0.822. The maximum atomic E-state index is 14.5. The molecule has 10 rings (SSSR count). The second kappa shape index (κ2) is 17.7. The van der Waals surface area contributed by atoms with Gasteiger partial charge in [-0.1, -0.05) is 24.1 Å². The predicted octanol–water partition coefficient (Wildman–Crippen LogP) is 6.53. The zero-order valence-electron chi connectivity index (χ0n) is 38.4. The number of aromatic nitrogens is 4. The summed E-state index contributed by atoms with van der Waals surface area (Å²) in [6.07, 6.45) is 8.48. The van der Waals surface area contributed by atoms with Crippen molar-refractivity contribution >= 4 is 34.8 Å². The molecule has 0 bridgehead atoms. The molecule has 4 amide bonds. The minimum atomic E-state index is -0.720. The lowest BCUT2D eigenvalue weighted by Gasteiger charge is -2.38. The number of alkyl carbamates (subject to hydrolysis) is 2.